The third kappa shape index (κ3) is 3.01. The second-order valence-corrected chi connectivity index (χ2v) is 4.58. The van der Waals surface area contributed by atoms with Crippen LogP contribution in [0.3, 0.4) is 0 Å². The Kier molecular flexibility index (Phi) is 3.70. The molecule has 0 fully saturated rings. The van der Waals surface area contributed by atoms with E-state index in [1.54, 1.807) is 0 Å². The summed E-state index contributed by atoms with van der Waals surface area (Å²) in [5.41, 5.74) is 0.255. The van der Waals surface area contributed by atoms with Gasteiger partial charge in [0.2, 0.25) is 10.3 Å². The molecule has 0 saturated heterocycles. The highest BCUT2D eigenvalue weighted by Gasteiger charge is 2.10. The van der Waals surface area contributed by atoms with Crippen LogP contribution in [0, 0.1) is 5.82 Å². The molecule has 0 aliphatic heterocycles. The molecule has 1 heterocycles. The third-order valence-electron chi connectivity index (χ3n) is 1.90. The quantitative estimate of drug-likeness (QED) is 0.870. The number of carbonyl (C=O) groups is 1. The van der Waals surface area contributed by atoms with Gasteiger partial charge in [-0.3, -0.25) is 10.1 Å². The summed E-state index contributed by atoms with van der Waals surface area (Å²) in [5, 5.41) is 3.57. The van der Waals surface area contributed by atoms with Crippen LogP contribution in [0.5, 0.6) is 0 Å². The zero-order valence-electron chi connectivity index (χ0n) is 8.81. The van der Waals surface area contributed by atoms with E-state index in [-0.39, 0.29) is 5.56 Å². The van der Waals surface area contributed by atoms with Gasteiger partial charge in [-0.1, -0.05) is 17.8 Å². The fourth-order valence-corrected chi connectivity index (χ4v) is 2.26. The highest BCUT2D eigenvalue weighted by atomic mass is 32.2. The third-order valence-corrected chi connectivity index (χ3v) is 3.19. The summed E-state index contributed by atoms with van der Waals surface area (Å²) in [5.74, 6) is -0.840. The molecule has 0 saturated carbocycles. The van der Waals surface area contributed by atoms with Crippen molar-refractivity contribution in [3.63, 3.8) is 0 Å². The van der Waals surface area contributed by atoms with Gasteiger partial charge < -0.3 is 0 Å². The van der Waals surface area contributed by atoms with Gasteiger partial charge in [-0.25, -0.2) is 4.39 Å². The minimum atomic E-state index is -0.445. The number of benzene rings is 1. The summed E-state index contributed by atoms with van der Waals surface area (Å²) in [6, 6.07) is 5.48. The largest absolute Gasteiger partial charge is 0.297 e. The van der Waals surface area contributed by atoms with Gasteiger partial charge in [-0.15, -0.1) is 0 Å². The predicted octanol–water partition coefficient (Wildman–Crippen LogP) is 2.65. The first-order chi connectivity index (χ1) is 8.19. The number of halogens is 1. The number of aromatic nitrogens is 2. The van der Waals surface area contributed by atoms with Crippen molar-refractivity contribution in [1.82, 2.24) is 9.36 Å². The molecule has 1 aromatic carbocycles. The van der Waals surface area contributed by atoms with Crippen molar-refractivity contribution in [1.29, 1.82) is 0 Å². The van der Waals surface area contributed by atoms with Gasteiger partial charge in [0.25, 0.3) is 5.91 Å². The topological polar surface area (TPSA) is 54.9 Å². The van der Waals surface area contributed by atoms with Gasteiger partial charge in [0.1, 0.15) is 5.82 Å². The van der Waals surface area contributed by atoms with Crippen molar-refractivity contribution in [2.75, 3.05) is 11.6 Å². The Hall–Kier alpha value is -1.47. The number of thioether (sulfide) groups is 1. The molecule has 88 valence electrons. The predicted molar refractivity (Wildman–Crippen MR) is 66.0 cm³/mol. The molecule has 1 aromatic heterocycles. The van der Waals surface area contributed by atoms with Crippen LogP contribution in [-0.4, -0.2) is 21.5 Å². The molecule has 17 heavy (non-hydrogen) atoms. The van der Waals surface area contributed by atoms with Crippen molar-refractivity contribution in [3.05, 3.63) is 35.6 Å². The van der Waals surface area contributed by atoms with Crippen molar-refractivity contribution in [2.24, 2.45) is 0 Å². The lowest BCUT2D eigenvalue weighted by Crippen LogP contribution is -2.11. The molecule has 7 heteroatoms. The number of nitrogens with one attached hydrogen (secondary N) is 1. The van der Waals surface area contributed by atoms with Gasteiger partial charge in [0.15, 0.2) is 0 Å². The lowest BCUT2D eigenvalue weighted by molar-refractivity contribution is 0.102. The second-order valence-electron chi connectivity index (χ2n) is 3.05. The van der Waals surface area contributed by atoms with Crippen LogP contribution in [0.25, 0.3) is 0 Å². The normalized spacial score (nSPS) is 10.2. The van der Waals surface area contributed by atoms with Crippen LogP contribution in [0.2, 0.25) is 0 Å². The zero-order chi connectivity index (χ0) is 12.3. The van der Waals surface area contributed by atoms with E-state index in [1.807, 2.05) is 6.26 Å². The van der Waals surface area contributed by atoms with Crippen molar-refractivity contribution in [3.8, 4) is 0 Å². The summed E-state index contributed by atoms with van der Waals surface area (Å²) < 4.78 is 16.9. The number of rotatable bonds is 3. The molecule has 1 amide bonds. The minimum Gasteiger partial charge on any atom is -0.297 e. The standard InChI is InChI=1S/C10H8FN3OS2/c1-16-10-13-9(17-14-10)12-8(15)6-3-2-4-7(11)5-6/h2-5H,1H3,(H,12,13,14,15). The highest BCUT2D eigenvalue weighted by Crippen LogP contribution is 2.18. The smallest absolute Gasteiger partial charge is 0.257 e. The average Bonchev–Trinajstić information content (AvgIpc) is 2.77. The van der Waals surface area contributed by atoms with Gasteiger partial charge in [0, 0.05) is 17.1 Å². The molecule has 0 spiro atoms. The molecule has 0 aliphatic carbocycles. The number of amides is 1. The Morgan fingerprint density at radius 3 is 3.00 bits per heavy atom. The maximum Gasteiger partial charge on any atom is 0.257 e. The fourth-order valence-electron chi connectivity index (χ4n) is 1.14. The molecule has 0 aliphatic rings. The number of carbonyl (C=O) groups excluding carboxylic acids is 1. The monoisotopic (exact) mass is 269 g/mol. The Morgan fingerprint density at radius 1 is 1.53 bits per heavy atom. The maximum absolute atomic E-state index is 12.9. The number of hydrogen-bond acceptors (Lipinski definition) is 5. The summed E-state index contributed by atoms with van der Waals surface area (Å²) in [6.07, 6.45) is 1.85. The van der Waals surface area contributed by atoms with Crippen LogP contribution in [0.4, 0.5) is 9.52 Å². The van der Waals surface area contributed by atoms with E-state index in [9.17, 15) is 9.18 Å². The Morgan fingerprint density at radius 2 is 2.35 bits per heavy atom. The van der Waals surface area contributed by atoms with Crippen LogP contribution in [0.1, 0.15) is 10.4 Å². The molecule has 0 atom stereocenters. The Balaban J connectivity index is 2.11. The molecule has 1 N–H and O–H groups in total. The van der Waals surface area contributed by atoms with E-state index in [4.69, 9.17) is 0 Å². The van der Waals surface area contributed by atoms with Crippen molar-refractivity contribution < 1.29 is 9.18 Å². The molecule has 0 unspecified atom stereocenters. The first-order valence-corrected chi connectivity index (χ1v) is 6.63. The fraction of sp³-hybridized carbons (Fsp3) is 0.100. The number of nitrogens with zero attached hydrogens (tertiary/aromatic N) is 2. The molecule has 0 radical (unpaired) electrons. The van der Waals surface area contributed by atoms with Crippen molar-refractivity contribution in [2.45, 2.75) is 5.16 Å². The summed E-state index contributed by atoms with van der Waals surface area (Å²) in [6.45, 7) is 0. The van der Waals surface area contributed by atoms with E-state index < -0.39 is 11.7 Å². The van der Waals surface area contributed by atoms with Crippen LogP contribution >= 0.6 is 23.3 Å². The molecular weight excluding hydrogens is 261 g/mol. The molecular formula is C10H8FN3OS2. The Bertz CT molecular complexity index is 544. The maximum atomic E-state index is 12.9. The molecule has 2 aromatic rings. The van der Waals surface area contributed by atoms with E-state index in [1.165, 1.54) is 36.0 Å². The first kappa shape index (κ1) is 12.0. The van der Waals surface area contributed by atoms with Gasteiger partial charge >= 0.3 is 0 Å². The lowest BCUT2D eigenvalue weighted by atomic mass is 10.2. The summed E-state index contributed by atoms with van der Waals surface area (Å²) >= 11 is 2.49. The first-order valence-electron chi connectivity index (χ1n) is 4.63. The lowest BCUT2D eigenvalue weighted by Gasteiger charge is -2.00. The van der Waals surface area contributed by atoms with Crippen LogP contribution in [-0.2, 0) is 0 Å². The van der Waals surface area contributed by atoms with Crippen LogP contribution in [0.15, 0.2) is 29.4 Å². The van der Waals surface area contributed by atoms with E-state index in [0.29, 0.717) is 10.3 Å². The van der Waals surface area contributed by atoms with Gasteiger partial charge in [-0.2, -0.15) is 9.36 Å². The highest BCUT2D eigenvalue weighted by molar-refractivity contribution is 7.98. The van der Waals surface area contributed by atoms with Gasteiger partial charge in [-0.05, 0) is 24.5 Å². The molecule has 0 bridgehead atoms. The average molecular weight is 269 g/mol. The molecule has 4 nitrogen and oxygen atoms in total. The second kappa shape index (κ2) is 5.24. The summed E-state index contributed by atoms with van der Waals surface area (Å²) in [7, 11) is 0. The minimum absolute atomic E-state index is 0.255. The number of anilines is 1. The molecule has 2 rings (SSSR count). The summed E-state index contributed by atoms with van der Waals surface area (Å²) in [4.78, 5) is 15.8. The zero-order valence-corrected chi connectivity index (χ0v) is 10.4. The van der Waals surface area contributed by atoms with E-state index >= 15 is 0 Å². The SMILES string of the molecule is CSc1nsc(NC(=O)c2cccc(F)c2)n1. The van der Waals surface area contributed by atoms with Crippen molar-refractivity contribution >= 4 is 34.3 Å². The van der Waals surface area contributed by atoms with E-state index in [2.05, 4.69) is 14.7 Å². The van der Waals surface area contributed by atoms with E-state index in [0.717, 1.165) is 11.5 Å². The number of hydrogen-bond donors (Lipinski definition) is 1. The van der Waals surface area contributed by atoms with Gasteiger partial charge in [0.05, 0.1) is 0 Å². The Labute approximate surface area is 105 Å². The van der Waals surface area contributed by atoms with Crippen LogP contribution < -0.4 is 5.32 Å².